The molecule has 1 aliphatic heterocycles. The van der Waals surface area contributed by atoms with Gasteiger partial charge in [-0.1, -0.05) is 24.3 Å². The zero-order valence-electron chi connectivity index (χ0n) is 15.4. The van der Waals surface area contributed by atoms with Crippen molar-refractivity contribution in [3.05, 3.63) is 65.2 Å². The molecule has 6 heteroatoms. The summed E-state index contributed by atoms with van der Waals surface area (Å²) < 4.78 is 10.8. The number of ether oxygens (including phenoxy) is 2. The number of methoxy groups -OCH3 is 1. The summed E-state index contributed by atoms with van der Waals surface area (Å²) in [5.41, 5.74) is 2.01. The van der Waals surface area contributed by atoms with E-state index >= 15 is 0 Å². The summed E-state index contributed by atoms with van der Waals surface area (Å²) in [6.07, 6.45) is 1.69. The predicted molar refractivity (Wildman–Crippen MR) is 103 cm³/mol. The first kappa shape index (κ1) is 18.4. The fourth-order valence-electron chi connectivity index (χ4n) is 2.74. The van der Waals surface area contributed by atoms with E-state index in [-0.39, 0.29) is 0 Å². The lowest BCUT2D eigenvalue weighted by Crippen LogP contribution is -2.29. The van der Waals surface area contributed by atoms with Crippen molar-refractivity contribution in [1.82, 2.24) is 5.01 Å². The maximum absolute atomic E-state index is 12.7. The second-order valence-electron chi connectivity index (χ2n) is 5.87. The maximum Gasteiger partial charge on any atom is 0.283 e. The van der Waals surface area contributed by atoms with Crippen LogP contribution in [0.1, 0.15) is 29.8 Å². The Hall–Kier alpha value is -3.41. The van der Waals surface area contributed by atoms with Crippen molar-refractivity contribution in [1.29, 1.82) is 0 Å². The number of imide groups is 1. The Morgan fingerprint density at radius 1 is 1.15 bits per heavy atom. The minimum atomic E-state index is -0.451. The molecular weight excluding hydrogens is 344 g/mol. The Kier molecular flexibility index (Phi) is 5.35. The van der Waals surface area contributed by atoms with Gasteiger partial charge in [0.1, 0.15) is 0 Å². The normalized spacial score (nSPS) is 15.1. The van der Waals surface area contributed by atoms with Crippen molar-refractivity contribution in [3.63, 3.8) is 0 Å². The average molecular weight is 364 g/mol. The number of hydrogen-bond donors (Lipinski definition) is 0. The number of hydrazone groups is 1. The molecule has 0 N–H and O–H groups in total. The van der Waals surface area contributed by atoms with Crippen LogP contribution < -0.4 is 9.47 Å². The minimum absolute atomic E-state index is 0.366. The third kappa shape index (κ3) is 3.74. The van der Waals surface area contributed by atoms with Crippen LogP contribution in [0.2, 0.25) is 0 Å². The molecule has 0 atom stereocenters. The molecule has 0 bridgehead atoms. The lowest BCUT2D eigenvalue weighted by atomic mass is 10.1. The molecule has 1 aliphatic rings. The third-order valence-electron chi connectivity index (χ3n) is 4.07. The molecule has 0 aromatic heterocycles. The molecule has 2 aromatic rings. The number of hydrogen-bond acceptors (Lipinski definition) is 5. The van der Waals surface area contributed by atoms with Crippen LogP contribution >= 0.6 is 0 Å². The third-order valence-corrected chi connectivity index (χ3v) is 4.07. The van der Waals surface area contributed by atoms with Gasteiger partial charge in [0, 0.05) is 5.56 Å². The highest BCUT2D eigenvalue weighted by Crippen LogP contribution is 2.30. The van der Waals surface area contributed by atoms with Gasteiger partial charge in [-0.05, 0) is 49.8 Å². The Morgan fingerprint density at radius 3 is 2.56 bits per heavy atom. The molecule has 2 amide bonds. The van der Waals surface area contributed by atoms with Gasteiger partial charge in [0.25, 0.3) is 11.8 Å². The summed E-state index contributed by atoms with van der Waals surface area (Å²) in [6, 6.07) is 14.0. The minimum Gasteiger partial charge on any atom is -0.493 e. The van der Waals surface area contributed by atoms with Gasteiger partial charge in [-0.15, -0.1) is 0 Å². The van der Waals surface area contributed by atoms with Crippen molar-refractivity contribution in [3.8, 4) is 11.5 Å². The first-order valence-electron chi connectivity index (χ1n) is 8.57. The zero-order valence-corrected chi connectivity index (χ0v) is 15.4. The molecule has 0 fully saturated rings. The van der Waals surface area contributed by atoms with Crippen molar-refractivity contribution in [2.45, 2.75) is 13.8 Å². The summed E-state index contributed by atoms with van der Waals surface area (Å²) in [4.78, 5) is 25.3. The highest BCUT2D eigenvalue weighted by atomic mass is 16.5. The molecule has 2 aromatic carbocycles. The molecule has 0 spiro atoms. The molecular formula is C21H20N2O4. The number of carbonyl (C=O) groups is 2. The number of nitrogens with zero attached hydrogens (tertiary/aromatic N) is 2. The fourth-order valence-corrected chi connectivity index (χ4v) is 2.74. The summed E-state index contributed by atoms with van der Waals surface area (Å²) in [6.45, 7) is 4.12. The molecule has 0 saturated heterocycles. The number of benzene rings is 2. The van der Waals surface area contributed by atoms with Crippen LogP contribution in [0.4, 0.5) is 0 Å². The van der Waals surface area contributed by atoms with Gasteiger partial charge in [-0.3, -0.25) is 9.59 Å². The quantitative estimate of drug-likeness (QED) is 0.601. The lowest BCUT2D eigenvalue weighted by molar-refractivity contribution is -0.123. The molecule has 0 radical (unpaired) electrons. The van der Waals surface area contributed by atoms with Gasteiger partial charge in [0.2, 0.25) is 0 Å². The van der Waals surface area contributed by atoms with Gasteiger partial charge >= 0.3 is 0 Å². The van der Waals surface area contributed by atoms with E-state index in [1.165, 1.54) is 0 Å². The smallest absolute Gasteiger partial charge is 0.283 e. The van der Waals surface area contributed by atoms with E-state index in [1.807, 2.05) is 19.1 Å². The van der Waals surface area contributed by atoms with Crippen molar-refractivity contribution >= 4 is 23.6 Å². The molecule has 6 nitrogen and oxygen atoms in total. The van der Waals surface area contributed by atoms with Gasteiger partial charge in [0.15, 0.2) is 11.5 Å². The Morgan fingerprint density at radius 2 is 1.89 bits per heavy atom. The highest BCUT2D eigenvalue weighted by Gasteiger charge is 2.32. The first-order chi connectivity index (χ1) is 13.0. The Labute approximate surface area is 157 Å². The highest BCUT2D eigenvalue weighted by molar-refractivity contribution is 6.30. The molecule has 1 heterocycles. The summed E-state index contributed by atoms with van der Waals surface area (Å²) >= 11 is 0. The van der Waals surface area contributed by atoms with Gasteiger partial charge in [-0.25, -0.2) is 0 Å². The van der Waals surface area contributed by atoms with Crippen LogP contribution in [0.3, 0.4) is 0 Å². The number of rotatable bonds is 5. The van der Waals surface area contributed by atoms with E-state index < -0.39 is 11.8 Å². The van der Waals surface area contributed by atoms with Crippen molar-refractivity contribution < 1.29 is 19.1 Å². The van der Waals surface area contributed by atoms with Gasteiger partial charge in [0.05, 0.1) is 25.0 Å². The van der Waals surface area contributed by atoms with Gasteiger partial charge in [-0.2, -0.15) is 10.1 Å². The maximum atomic E-state index is 12.7. The fraction of sp³-hybridized carbons (Fsp3) is 0.190. The number of carbonyl (C=O) groups excluding carboxylic acids is 2. The second-order valence-corrected chi connectivity index (χ2v) is 5.87. The van der Waals surface area contributed by atoms with E-state index in [1.54, 1.807) is 56.5 Å². The zero-order chi connectivity index (χ0) is 19.4. The predicted octanol–water partition coefficient (Wildman–Crippen LogP) is 3.54. The van der Waals surface area contributed by atoms with Crippen LogP contribution in [0.5, 0.6) is 11.5 Å². The first-order valence-corrected chi connectivity index (χ1v) is 8.57. The summed E-state index contributed by atoms with van der Waals surface area (Å²) in [5, 5.41) is 5.04. The van der Waals surface area contributed by atoms with E-state index in [9.17, 15) is 9.59 Å². The van der Waals surface area contributed by atoms with Crippen LogP contribution in [0, 0.1) is 0 Å². The molecule has 0 unspecified atom stereocenters. The van der Waals surface area contributed by atoms with Gasteiger partial charge < -0.3 is 9.47 Å². The molecule has 0 saturated carbocycles. The topological polar surface area (TPSA) is 68.2 Å². The van der Waals surface area contributed by atoms with E-state index in [2.05, 4.69) is 5.10 Å². The Balaban J connectivity index is 1.89. The van der Waals surface area contributed by atoms with Crippen LogP contribution in [0.25, 0.3) is 6.08 Å². The van der Waals surface area contributed by atoms with E-state index in [0.29, 0.717) is 35.0 Å². The van der Waals surface area contributed by atoms with E-state index in [4.69, 9.17) is 9.47 Å². The Bertz CT molecular complexity index is 932. The monoisotopic (exact) mass is 364 g/mol. The summed E-state index contributed by atoms with van der Waals surface area (Å²) in [5.74, 6) is 0.302. The molecule has 27 heavy (non-hydrogen) atoms. The molecule has 3 rings (SSSR count). The van der Waals surface area contributed by atoms with Crippen molar-refractivity contribution in [2.75, 3.05) is 13.7 Å². The van der Waals surface area contributed by atoms with Crippen LogP contribution in [-0.4, -0.2) is 36.3 Å². The van der Waals surface area contributed by atoms with E-state index in [0.717, 1.165) is 10.6 Å². The largest absolute Gasteiger partial charge is 0.493 e. The summed E-state index contributed by atoms with van der Waals surface area (Å²) in [7, 11) is 1.56. The molecule has 138 valence electrons. The second kappa shape index (κ2) is 7.86. The van der Waals surface area contributed by atoms with Crippen molar-refractivity contribution in [2.24, 2.45) is 5.10 Å². The SMILES string of the molecule is CCOc1ccc(/C=C2/C(=O)N(C(=O)c3ccccc3)N=C2C)cc1OC. The van der Waals surface area contributed by atoms with Crippen LogP contribution in [0.15, 0.2) is 59.2 Å². The standard InChI is InChI=1S/C21H20N2O4/c1-4-27-18-11-10-15(13-19(18)26-3)12-17-14(2)22-23(21(17)25)20(24)16-8-6-5-7-9-16/h5-13H,4H2,1-3H3/b17-12+. The molecule has 0 aliphatic carbocycles. The van der Waals surface area contributed by atoms with Crippen LogP contribution in [-0.2, 0) is 4.79 Å². The number of amides is 2. The lowest BCUT2D eigenvalue weighted by Gasteiger charge is -2.10. The average Bonchev–Trinajstić information content (AvgIpc) is 2.97.